The van der Waals surface area contributed by atoms with E-state index in [1.807, 2.05) is 18.7 Å². The molecule has 0 radical (unpaired) electrons. The van der Waals surface area contributed by atoms with E-state index in [0.29, 0.717) is 5.96 Å². The van der Waals surface area contributed by atoms with Crippen molar-refractivity contribution in [1.82, 2.24) is 4.90 Å². The molecule has 1 aliphatic rings. The number of nitrogens with zero attached hydrogens (tertiary/aromatic N) is 3. The second-order valence-electron chi connectivity index (χ2n) is 5.79. The molecular formula is C17H23FN4. The SMILES string of the molecule is C#CC(N=C(N)N1CCN(c2ccc(F)cc2)CC1)C(C)C. The van der Waals surface area contributed by atoms with Crippen molar-refractivity contribution < 1.29 is 4.39 Å². The van der Waals surface area contributed by atoms with Crippen molar-refractivity contribution in [3.63, 3.8) is 0 Å². The lowest BCUT2D eigenvalue weighted by Gasteiger charge is -2.36. The van der Waals surface area contributed by atoms with Gasteiger partial charge in [0.25, 0.3) is 0 Å². The number of benzene rings is 1. The lowest BCUT2D eigenvalue weighted by molar-refractivity contribution is 0.378. The molecule has 5 heteroatoms. The molecule has 0 saturated carbocycles. The summed E-state index contributed by atoms with van der Waals surface area (Å²) in [5, 5.41) is 0. The zero-order valence-corrected chi connectivity index (χ0v) is 13.2. The number of hydrogen-bond acceptors (Lipinski definition) is 2. The van der Waals surface area contributed by atoms with Crippen molar-refractivity contribution in [1.29, 1.82) is 0 Å². The van der Waals surface area contributed by atoms with Crippen LogP contribution < -0.4 is 10.6 Å². The second kappa shape index (κ2) is 7.17. The normalized spacial score (nSPS) is 17.5. The van der Waals surface area contributed by atoms with Gasteiger partial charge in [-0.1, -0.05) is 19.8 Å². The molecular weight excluding hydrogens is 279 g/mol. The summed E-state index contributed by atoms with van der Waals surface area (Å²) >= 11 is 0. The highest BCUT2D eigenvalue weighted by Crippen LogP contribution is 2.17. The van der Waals surface area contributed by atoms with E-state index < -0.39 is 0 Å². The van der Waals surface area contributed by atoms with E-state index in [2.05, 4.69) is 15.8 Å². The first-order valence-corrected chi connectivity index (χ1v) is 7.56. The summed E-state index contributed by atoms with van der Waals surface area (Å²) < 4.78 is 13.0. The topological polar surface area (TPSA) is 44.9 Å². The number of piperazine rings is 1. The molecule has 2 rings (SSSR count). The zero-order chi connectivity index (χ0) is 16.1. The first kappa shape index (κ1) is 16.2. The van der Waals surface area contributed by atoms with Crippen LogP contribution in [-0.2, 0) is 0 Å². The fraction of sp³-hybridized carbons (Fsp3) is 0.471. The number of halogens is 1. The van der Waals surface area contributed by atoms with Crippen LogP contribution in [0.1, 0.15) is 13.8 Å². The molecule has 4 nitrogen and oxygen atoms in total. The maximum Gasteiger partial charge on any atom is 0.192 e. The molecule has 1 aliphatic heterocycles. The quantitative estimate of drug-likeness (QED) is 0.527. The van der Waals surface area contributed by atoms with Gasteiger partial charge in [0.15, 0.2) is 5.96 Å². The fourth-order valence-corrected chi connectivity index (χ4v) is 2.45. The summed E-state index contributed by atoms with van der Waals surface area (Å²) in [5.41, 5.74) is 7.11. The summed E-state index contributed by atoms with van der Waals surface area (Å²) in [4.78, 5) is 8.70. The van der Waals surface area contributed by atoms with Crippen LogP contribution in [0.3, 0.4) is 0 Å². The first-order chi connectivity index (χ1) is 10.5. The van der Waals surface area contributed by atoms with Crippen molar-refractivity contribution in [3.8, 4) is 12.3 Å². The van der Waals surface area contributed by atoms with Crippen LogP contribution in [0.4, 0.5) is 10.1 Å². The number of nitrogens with two attached hydrogens (primary N) is 1. The first-order valence-electron chi connectivity index (χ1n) is 7.56. The molecule has 118 valence electrons. The highest BCUT2D eigenvalue weighted by Gasteiger charge is 2.19. The van der Waals surface area contributed by atoms with Gasteiger partial charge in [-0.05, 0) is 30.2 Å². The minimum Gasteiger partial charge on any atom is -0.370 e. The molecule has 22 heavy (non-hydrogen) atoms. The Balaban J connectivity index is 1.95. The van der Waals surface area contributed by atoms with E-state index in [4.69, 9.17) is 12.2 Å². The van der Waals surface area contributed by atoms with E-state index in [-0.39, 0.29) is 17.8 Å². The molecule has 0 bridgehead atoms. The highest BCUT2D eigenvalue weighted by molar-refractivity contribution is 5.78. The molecule has 1 unspecified atom stereocenters. The monoisotopic (exact) mass is 302 g/mol. The molecule has 1 heterocycles. The molecule has 1 fully saturated rings. The minimum absolute atomic E-state index is 0.185. The van der Waals surface area contributed by atoms with Gasteiger partial charge in [0.2, 0.25) is 0 Å². The fourth-order valence-electron chi connectivity index (χ4n) is 2.45. The van der Waals surface area contributed by atoms with E-state index in [9.17, 15) is 4.39 Å². The predicted molar refractivity (Wildman–Crippen MR) is 89.3 cm³/mol. The number of rotatable bonds is 3. The largest absolute Gasteiger partial charge is 0.370 e. The Morgan fingerprint density at radius 2 is 1.82 bits per heavy atom. The van der Waals surface area contributed by atoms with E-state index in [0.717, 1.165) is 31.9 Å². The Morgan fingerprint density at radius 3 is 2.32 bits per heavy atom. The molecule has 1 saturated heterocycles. The molecule has 1 atom stereocenters. The summed E-state index contributed by atoms with van der Waals surface area (Å²) in [7, 11) is 0. The lowest BCUT2D eigenvalue weighted by atomic mass is 10.1. The standard InChI is InChI=1S/C17H23FN4/c1-4-16(13(2)3)20-17(19)22-11-9-21(10-12-22)15-7-5-14(18)6-8-15/h1,5-8,13,16H,9-12H2,2-3H3,(H2,19,20). The second-order valence-corrected chi connectivity index (χ2v) is 5.79. The Morgan fingerprint density at radius 1 is 1.23 bits per heavy atom. The van der Waals surface area contributed by atoms with Crippen LogP contribution in [0.25, 0.3) is 0 Å². The van der Waals surface area contributed by atoms with Crippen molar-refractivity contribution in [3.05, 3.63) is 30.1 Å². The predicted octanol–water partition coefficient (Wildman–Crippen LogP) is 1.92. The third kappa shape index (κ3) is 3.91. The Labute approximate surface area is 131 Å². The average molecular weight is 302 g/mol. The van der Waals surface area contributed by atoms with Crippen LogP contribution in [-0.4, -0.2) is 43.1 Å². The van der Waals surface area contributed by atoms with Crippen LogP contribution in [0, 0.1) is 24.1 Å². The number of terminal acetylenes is 1. The van der Waals surface area contributed by atoms with Gasteiger partial charge in [-0.15, -0.1) is 6.42 Å². The third-order valence-corrected chi connectivity index (χ3v) is 3.87. The van der Waals surface area contributed by atoms with Crippen molar-refractivity contribution in [2.75, 3.05) is 31.1 Å². The number of guanidine groups is 1. The summed E-state index contributed by atoms with van der Waals surface area (Å²) in [5.74, 6) is 3.23. The van der Waals surface area contributed by atoms with Crippen LogP contribution in [0.15, 0.2) is 29.3 Å². The highest BCUT2D eigenvalue weighted by atomic mass is 19.1. The molecule has 0 aromatic heterocycles. The van der Waals surface area contributed by atoms with Gasteiger partial charge in [-0.25, -0.2) is 9.38 Å². The van der Waals surface area contributed by atoms with E-state index in [1.165, 1.54) is 12.1 Å². The summed E-state index contributed by atoms with van der Waals surface area (Å²) in [6, 6.07) is 6.38. The molecule has 0 spiro atoms. The Kier molecular flexibility index (Phi) is 5.26. The minimum atomic E-state index is -0.215. The van der Waals surface area contributed by atoms with Crippen molar-refractivity contribution in [2.24, 2.45) is 16.6 Å². The van der Waals surface area contributed by atoms with Gasteiger partial charge < -0.3 is 15.5 Å². The molecule has 1 aromatic carbocycles. The summed E-state index contributed by atoms with van der Waals surface area (Å²) in [6.07, 6.45) is 5.49. The van der Waals surface area contributed by atoms with Crippen LogP contribution >= 0.6 is 0 Å². The zero-order valence-electron chi connectivity index (χ0n) is 13.2. The van der Waals surface area contributed by atoms with Crippen LogP contribution in [0.2, 0.25) is 0 Å². The van der Waals surface area contributed by atoms with Gasteiger partial charge in [0.05, 0.1) is 0 Å². The van der Waals surface area contributed by atoms with Crippen molar-refractivity contribution in [2.45, 2.75) is 19.9 Å². The van der Waals surface area contributed by atoms with Crippen LogP contribution in [0.5, 0.6) is 0 Å². The Hall–Kier alpha value is -2.22. The van der Waals surface area contributed by atoms with Crippen molar-refractivity contribution >= 4 is 11.6 Å². The Bertz CT molecular complexity index is 551. The molecule has 1 aromatic rings. The summed E-state index contributed by atoms with van der Waals surface area (Å²) in [6.45, 7) is 7.28. The maximum atomic E-state index is 13.0. The van der Waals surface area contributed by atoms with Gasteiger partial charge in [0, 0.05) is 31.9 Å². The lowest BCUT2D eigenvalue weighted by Crippen LogP contribution is -2.51. The van der Waals surface area contributed by atoms with E-state index in [1.54, 1.807) is 12.1 Å². The van der Waals surface area contributed by atoms with Gasteiger partial charge >= 0.3 is 0 Å². The molecule has 0 amide bonds. The number of aliphatic imine (C=N–C) groups is 1. The van der Waals surface area contributed by atoms with E-state index >= 15 is 0 Å². The maximum absolute atomic E-state index is 13.0. The van der Waals surface area contributed by atoms with Gasteiger partial charge in [-0.2, -0.15) is 0 Å². The number of hydrogen-bond donors (Lipinski definition) is 1. The van der Waals surface area contributed by atoms with Gasteiger partial charge in [-0.3, -0.25) is 0 Å². The number of anilines is 1. The molecule has 0 aliphatic carbocycles. The average Bonchev–Trinajstić information content (AvgIpc) is 2.53. The third-order valence-electron chi connectivity index (χ3n) is 3.87. The molecule has 2 N–H and O–H groups in total. The van der Waals surface area contributed by atoms with Gasteiger partial charge in [0.1, 0.15) is 11.9 Å². The smallest absolute Gasteiger partial charge is 0.192 e.